The summed E-state index contributed by atoms with van der Waals surface area (Å²) in [5, 5.41) is 11.2. The summed E-state index contributed by atoms with van der Waals surface area (Å²) in [5.74, 6) is -0.546. The number of pyridine rings is 1. The zero-order valence-corrected chi connectivity index (χ0v) is 22.3. The van der Waals surface area contributed by atoms with Gasteiger partial charge in [0.1, 0.15) is 17.6 Å². The van der Waals surface area contributed by atoms with Gasteiger partial charge in [0.2, 0.25) is 5.91 Å². The molecule has 0 spiro atoms. The van der Waals surface area contributed by atoms with E-state index in [2.05, 4.69) is 30.6 Å². The lowest BCUT2D eigenvalue weighted by Crippen LogP contribution is -2.38. The monoisotopic (exact) mass is 554 g/mol. The van der Waals surface area contributed by atoms with E-state index in [0.29, 0.717) is 33.5 Å². The Labute approximate surface area is 233 Å². The van der Waals surface area contributed by atoms with Crippen molar-refractivity contribution in [1.82, 2.24) is 40.3 Å². The molecule has 0 saturated carbocycles. The molecule has 1 atom stereocenters. The van der Waals surface area contributed by atoms with Crippen LogP contribution in [0.1, 0.15) is 40.1 Å². The minimum Gasteiger partial charge on any atom is -0.348 e. The average molecular weight is 555 g/mol. The highest BCUT2D eigenvalue weighted by atomic mass is 35.5. The Kier molecular flexibility index (Phi) is 6.56. The van der Waals surface area contributed by atoms with Crippen molar-refractivity contribution in [3.63, 3.8) is 0 Å². The van der Waals surface area contributed by atoms with E-state index in [1.54, 1.807) is 24.4 Å². The summed E-state index contributed by atoms with van der Waals surface area (Å²) in [6.45, 7) is 4.06. The van der Waals surface area contributed by atoms with Gasteiger partial charge in [-0.1, -0.05) is 58.4 Å². The summed E-state index contributed by atoms with van der Waals surface area (Å²) in [7, 11) is 0. The largest absolute Gasteiger partial charge is 0.348 e. The predicted octanol–water partition coefficient (Wildman–Crippen LogP) is 3.92. The van der Waals surface area contributed by atoms with Gasteiger partial charge in [-0.05, 0) is 42.8 Å². The summed E-state index contributed by atoms with van der Waals surface area (Å²) in [5.41, 5.74) is 5.21. The van der Waals surface area contributed by atoms with Crippen molar-refractivity contribution in [2.24, 2.45) is 0 Å². The molecule has 0 bridgehead atoms. The van der Waals surface area contributed by atoms with Crippen LogP contribution in [0.5, 0.6) is 6.01 Å². The van der Waals surface area contributed by atoms with Crippen molar-refractivity contribution >= 4 is 34.4 Å². The minimum atomic E-state index is -0.293. The van der Waals surface area contributed by atoms with Gasteiger partial charge in [0.15, 0.2) is 0 Å². The maximum absolute atomic E-state index is 13.2. The van der Waals surface area contributed by atoms with Gasteiger partial charge in [0, 0.05) is 11.8 Å². The molecule has 0 saturated heterocycles. The second kappa shape index (κ2) is 10.3. The first kappa shape index (κ1) is 25.4. The molecule has 2 aromatic carbocycles. The zero-order chi connectivity index (χ0) is 27.8. The third-order valence-corrected chi connectivity index (χ3v) is 6.84. The molecule has 2 amide bonds. The van der Waals surface area contributed by atoms with E-state index >= 15 is 0 Å². The number of aryl methyl sites for hydroxylation is 1. The van der Waals surface area contributed by atoms with Crippen molar-refractivity contribution in [3.05, 3.63) is 94.4 Å². The summed E-state index contributed by atoms with van der Waals surface area (Å²) in [6.07, 6.45) is 2.98. The second-order valence-electron chi connectivity index (χ2n) is 9.47. The zero-order valence-electron chi connectivity index (χ0n) is 21.6. The number of hydrogen-bond donors (Lipinski definition) is 1. The summed E-state index contributed by atoms with van der Waals surface area (Å²) >= 11 is 6.41. The molecular formula is C28H23ClN8O3. The van der Waals surface area contributed by atoms with Gasteiger partial charge in [-0.25, -0.2) is 4.98 Å². The molecule has 4 heterocycles. The molecule has 12 heteroatoms. The number of halogens is 1. The number of nitrogens with zero attached hydrogens (tertiary/aromatic N) is 7. The molecule has 0 aliphatic carbocycles. The number of aromatic nitrogens is 6. The van der Waals surface area contributed by atoms with Crippen LogP contribution in [0.25, 0.3) is 22.3 Å². The molecule has 0 fully saturated rings. The number of carbonyl (C=O) groups excluding carboxylic acids is 2. The van der Waals surface area contributed by atoms with E-state index in [9.17, 15) is 9.59 Å². The SMILES string of the molecule is Cc1cccc([C@@H](C)NC(=O)CN2Cc3ncc(-c4nc(On5nnc6ccccc65)ncc4Cl)cc3C2=O)c1. The first-order valence-corrected chi connectivity index (χ1v) is 12.9. The predicted molar refractivity (Wildman–Crippen MR) is 146 cm³/mol. The molecular weight excluding hydrogens is 532 g/mol. The summed E-state index contributed by atoms with van der Waals surface area (Å²) < 4.78 is 0. The fraction of sp³-hybridized carbons (Fsp3) is 0.179. The topological polar surface area (TPSA) is 128 Å². The number of amides is 2. The molecule has 40 heavy (non-hydrogen) atoms. The van der Waals surface area contributed by atoms with Crippen LogP contribution in [0.3, 0.4) is 0 Å². The van der Waals surface area contributed by atoms with Crippen LogP contribution < -0.4 is 10.2 Å². The third kappa shape index (κ3) is 4.94. The number of para-hydroxylation sites is 1. The first-order chi connectivity index (χ1) is 19.4. The van der Waals surface area contributed by atoms with Gasteiger partial charge in [0.05, 0.1) is 40.8 Å². The molecule has 3 aromatic heterocycles. The lowest BCUT2D eigenvalue weighted by atomic mass is 10.1. The van der Waals surface area contributed by atoms with Crippen LogP contribution in [0, 0.1) is 6.92 Å². The van der Waals surface area contributed by atoms with Gasteiger partial charge in [-0.3, -0.25) is 14.6 Å². The molecule has 1 aliphatic rings. The summed E-state index contributed by atoms with van der Waals surface area (Å²) in [4.78, 5) is 47.4. The molecule has 1 aliphatic heterocycles. The Morgan fingerprint density at radius 3 is 2.83 bits per heavy atom. The number of hydrogen-bond acceptors (Lipinski definition) is 8. The van der Waals surface area contributed by atoms with Gasteiger partial charge >= 0.3 is 6.01 Å². The minimum absolute atomic E-state index is 0.0112. The molecule has 11 nitrogen and oxygen atoms in total. The highest BCUT2D eigenvalue weighted by Crippen LogP contribution is 2.30. The van der Waals surface area contributed by atoms with E-state index in [1.807, 2.05) is 50.2 Å². The highest BCUT2D eigenvalue weighted by molar-refractivity contribution is 6.32. The normalized spacial score (nSPS) is 13.4. The molecule has 1 N–H and O–H groups in total. The summed E-state index contributed by atoms with van der Waals surface area (Å²) in [6, 6.07) is 16.7. The third-order valence-electron chi connectivity index (χ3n) is 6.57. The van der Waals surface area contributed by atoms with Gasteiger partial charge < -0.3 is 15.1 Å². The van der Waals surface area contributed by atoms with E-state index in [0.717, 1.165) is 11.1 Å². The van der Waals surface area contributed by atoms with E-state index < -0.39 is 0 Å². The lowest BCUT2D eigenvalue weighted by molar-refractivity contribution is -0.122. The van der Waals surface area contributed by atoms with Crippen LogP contribution in [-0.4, -0.2) is 53.4 Å². The van der Waals surface area contributed by atoms with Gasteiger partial charge in [-0.2, -0.15) is 4.98 Å². The van der Waals surface area contributed by atoms with E-state index in [-0.39, 0.29) is 42.0 Å². The maximum atomic E-state index is 13.2. The smallest absolute Gasteiger partial charge is 0.346 e. The number of benzene rings is 2. The number of fused-ring (bicyclic) bond motifs is 2. The number of rotatable bonds is 7. The van der Waals surface area contributed by atoms with Crippen LogP contribution in [0.4, 0.5) is 0 Å². The van der Waals surface area contributed by atoms with Crippen LogP contribution in [0.2, 0.25) is 5.02 Å². The fourth-order valence-corrected chi connectivity index (χ4v) is 4.76. The fourth-order valence-electron chi connectivity index (χ4n) is 4.56. The highest BCUT2D eigenvalue weighted by Gasteiger charge is 2.31. The Morgan fingerprint density at radius 2 is 1.98 bits per heavy atom. The van der Waals surface area contributed by atoms with Crippen molar-refractivity contribution in [1.29, 1.82) is 0 Å². The molecule has 0 radical (unpaired) electrons. The van der Waals surface area contributed by atoms with E-state index in [1.165, 1.54) is 15.9 Å². The first-order valence-electron chi connectivity index (χ1n) is 12.5. The number of nitrogens with one attached hydrogen (secondary N) is 1. The van der Waals surface area contributed by atoms with E-state index in [4.69, 9.17) is 16.4 Å². The molecule has 0 unspecified atom stereocenters. The van der Waals surface area contributed by atoms with Crippen molar-refractivity contribution in [3.8, 4) is 17.3 Å². The molecule has 5 aromatic rings. The van der Waals surface area contributed by atoms with Crippen LogP contribution in [-0.2, 0) is 11.3 Å². The number of carbonyl (C=O) groups is 2. The maximum Gasteiger partial charge on any atom is 0.346 e. The Hall–Kier alpha value is -4.90. The Bertz CT molecular complexity index is 1770. The van der Waals surface area contributed by atoms with Gasteiger partial charge in [-0.15, -0.1) is 5.10 Å². The van der Waals surface area contributed by atoms with Crippen molar-refractivity contribution in [2.45, 2.75) is 26.4 Å². The average Bonchev–Trinajstić information content (AvgIpc) is 3.49. The van der Waals surface area contributed by atoms with Crippen molar-refractivity contribution < 1.29 is 14.4 Å². The Balaban J connectivity index is 1.18. The van der Waals surface area contributed by atoms with Crippen LogP contribution >= 0.6 is 11.6 Å². The van der Waals surface area contributed by atoms with Crippen LogP contribution in [0.15, 0.2) is 67.0 Å². The van der Waals surface area contributed by atoms with Gasteiger partial charge in [0.25, 0.3) is 5.91 Å². The second-order valence-corrected chi connectivity index (χ2v) is 9.88. The standard InChI is InChI=1S/C28H23ClN8O3/c1-16-6-5-7-18(10-16)17(2)32-25(38)15-36-14-23-20(27(36)39)11-19(12-30-23)26-21(29)13-31-28(33-26)40-37-24-9-4-3-8-22(24)34-35-37/h3-13,17H,14-15H2,1-2H3,(H,32,38)/t17-/m1/s1. The Morgan fingerprint density at radius 1 is 1.12 bits per heavy atom. The lowest BCUT2D eigenvalue weighted by Gasteiger charge is -2.19. The molecule has 6 rings (SSSR count). The quantitative estimate of drug-likeness (QED) is 0.320. The van der Waals surface area contributed by atoms with Crippen molar-refractivity contribution in [2.75, 3.05) is 6.54 Å². The molecule has 200 valence electrons.